The van der Waals surface area contributed by atoms with Crippen molar-refractivity contribution >= 4 is 11.4 Å². The summed E-state index contributed by atoms with van der Waals surface area (Å²) in [6.45, 7) is 2.52. The van der Waals surface area contributed by atoms with E-state index >= 15 is 0 Å². The Labute approximate surface area is 102 Å². The van der Waals surface area contributed by atoms with Gasteiger partial charge in [-0.3, -0.25) is 0 Å². The van der Waals surface area contributed by atoms with Crippen LogP contribution in [-0.2, 0) is 4.74 Å². The molecule has 2 rings (SSSR count). The lowest BCUT2D eigenvalue weighted by molar-refractivity contribution is 0.275. The molecule has 2 heteroatoms. The molecule has 0 N–H and O–H groups in total. The van der Waals surface area contributed by atoms with E-state index in [4.69, 9.17) is 4.74 Å². The smallest absolute Gasteiger partial charge is 0.103 e. The third-order valence-electron chi connectivity index (χ3n) is 2.56. The standard InChI is InChI=1S/C15H16NO/c1-17-13-12-16(14-8-4-2-5-9-14)15-10-6-3-7-11-15/h2-11,13H,12H2,1H3. The van der Waals surface area contributed by atoms with Crippen LogP contribution < -0.4 is 4.90 Å². The van der Waals surface area contributed by atoms with Gasteiger partial charge in [-0.05, 0) is 24.3 Å². The number of hydrogen-bond acceptors (Lipinski definition) is 2. The van der Waals surface area contributed by atoms with Gasteiger partial charge in [0.2, 0.25) is 0 Å². The van der Waals surface area contributed by atoms with E-state index in [0.29, 0.717) is 0 Å². The minimum Gasteiger partial charge on any atom is -0.377 e. The average molecular weight is 226 g/mol. The van der Waals surface area contributed by atoms with Gasteiger partial charge in [0.15, 0.2) is 0 Å². The van der Waals surface area contributed by atoms with Crippen molar-refractivity contribution in [3.8, 4) is 0 Å². The summed E-state index contributed by atoms with van der Waals surface area (Å²) < 4.78 is 5.05. The molecular weight excluding hydrogens is 210 g/mol. The van der Waals surface area contributed by atoms with Crippen LogP contribution in [0.2, 0.25) is 0 Å². The first-order valence-electron chi connectivity index (χ1n) is 5.64. The van der Waals surface area contributed by atoms with Gasteiger partial charge in [-0.15, -0.1) is 0 Å². The van der Waals surface area contributed by atoms with E-state index in [1.807, 2.05) is 36.4 Å². The summed E-state index contributed by atoms with van der Waals surface area (Å²) in [5.74, 6) is 0. The lowest BCUT2D eigenvalue weighted by atomic mass is 10.2. The van der Waals surface area contributed by atoms with Crippen LogP contribution in [-0.4, -0.2) is 13.7 Å². The first-order chi connectivity index (χ1) is 8.42. The Morgan fingerprint density at radius 3 is 1.76 bits per heavy atom. The first kappa shape index (κ1) is 11.7. The van der Waals surface area contributed by atoms with Gasteiger partial charge in [-0.25, -0.2) is 0 Å². The fourth-order valence-electron chi connectivity index (χ4n) is 1.72. The van der Waals surface area contributed by atoms with Crippen LogP contribution in [0.25, 0.3) is 0 Å². The molecule has 2 nitrogen and oxygen atoms in total. The summed E-state index contributed by atoms with van der Waals surface area (Å²) in [4.78, 5) is 2.20. The van der Waals surface area contributed by atoms with E-state index in [9.17, 15) is 0 Å². The number of hydrogen-bond donors (Lipinski definition) is 0. The zero-order chi connectivity index (χ0) is 11.9. The van der Waals surface area contributed by atoms with Gasteiger partial charge in [0, 0.05) is 18.5 Å². The second-order valence-corrected chi connectivity index (χ2v) is 3.68. The number of ether oxygens (including phenoxy) is 1. The number of methoxy groups -OCH3 is 1. The highest BCUT2D eigenvalue weighted by molar-refractivity contribution is 5.63. The zero-order valence-electron chi connectivity index (χ0n) is 9.91. The molecule has 0 aliphatic rings. The first-order valence-corrected chi connectivity index (χ1v) is 5.64. The second-order valence-electron chi connectivity index (χ2n) is 3.68. The van der Waals surface area contributed by atoms with Gasteiger partial charge in [-0.2, -0.15) is 0 Å². The molecule has 0 heterocycles. The summed E-state index contributed by atoms with van der Waals surface area (Å²) in [5.41, 5.74) is 2.32. The Morgan fingerprint density at radius 1 is 0.882 bits per heavy atom. The Morgan fingerprint density at radius 2 is 1.35 bits per heavy atom. The van der Waals surface area contributed by atoms with Crippen molar-refractivity contribution < 1.29 is 4.74 Å². The Balaban J connectivity index is 2.26. The third-order valence-corrected chi connectivity index (χ3v) is 2.56. The fourth-order valence-corrected chi connectivity index (χ4v) is 1.72. The summed E-state index contributed by atoms with van der Waals surface area (Å²) >= 11 is 0. The van der Waals surface area contributed by atoms with E-state index < -0.39 is 0 Å². The van der Waals surface area contributed by atoms with Crippen molar-refractivity contribution in [1.29, 1.82) is 0 Å². The van der Waals surface area contributed by atoms with E-state index in [2.05, 4.69) is 29.2 Å². The van der Waals surface area contributed by atoms with Crippen molar-refractivity contribution in [3.05, 3.63) is 67.3 Å². The Bertz CT molecular complexity index is 388. The predicted octanol–water partition coefficient (Wildman–Crippen LogP) is 3.63. The van der Waals surface area contributed by atoms with Crippen molar-refractivity contribution in [3.63, 3.8) is 0 Å². The van der Waals surface area contributed by atoms with E-state index in [1.54, 1.807) is 13.7 Å². The molecule has 0 aliphatic heterocycles. The van der Waals surface area contributed by atoms with E-state index in [-0.39, 0.29) is 0 Å². The maximum Gasteiger partial charge on any atom is 0.103 e. The molecule has 0 bridgehead atoms. The highest BCUT2D eigenvalue weighted by Gasteiger charge is 2.07. The number of anilines is 2. The maximum absolute atomic E-state index is 5.05. The SMILES string of the molecule is CO[CH]CN(c1ccccc1)c1ccccc1. The second kappa shape index (κ2) is 6.06. The van der Waals surface area contributed by atoms with Crippen molar-refractivity contribution in [2.24, 2.45) is 0 Å². The monoisotopic (exact) mass is 226 g/mol. The minimum atomic E-state index is 0.727. The summed E-state index contributed by atoms with van der Waals surface area (Å²) in [5, 5.41) is 0. The quantitative estimate of drug-likeness (QED) is 0.771. The minimum absolute atomic E-state index is 0.727. The lowest BCUT2D eigenvalue weighted by Gasteiger charge is -2.24. The van der Waals surface area contributed by atoms with Crippen LogP contribution in [0.4, 0.5) is 11.4 Å². The largest absolute Gasteiger partial charge is 0.377 e. The van der Waals surface area contributed by atoms with Crippen LogP contribution in [0.3, 0.4) is 0 Å². The number of nitrogens with zero attached hydrogens (tertiary/aromatic N) is 1. The normalized spacial score (nSPS) is 10.2. The van der Waals surface area contributed by atoms with E-state index in [1.165, 1.54) is 0 Å². The van der Waals surface area contributed by atoms with Gasteiger partial charge < -0.3 is 9.64 Å². The summed E-state index contributed by atoms with van der Waals surface area (Å²) in [6, 6.07) is 20.6. The molecule has 0 spiro atoms. The molecule has 2 aromatic rings. The lowest BCUT2D eigenvalue weighted by Crippen LogP contribution is -2.19. The maximum atomic E-state index is 5.05. The Hall–Kier alpha value is -1.80. The molecule has 0 aromatic heterocycles. The molecule has 0 atom stereocenters. The van der Waals surface area contributed by atoms with Crippen molar-refractivity contribution in [2.75, 3.05) is 18.6 Å². The number of para-hydroxylation sites is 2. The molecular formula is C15H16NO. The van der Waals surface area contributed by atoms with Crippen LogP contribution in [0.1, 0.15) is 0 Å². The molecule has 1 radical (unpaired) electrons. The van der Waals surface area contributed by atoms with Crippen LogP contribution in [0.5, 0.6) is 0 Å². The fraction of sp³-hybridized carbons (Fsp3) is 0.133. The topological polar surface area (TPSA) is 12.5 Å². The summed E-state index contributed by atoms with van der Waals surface area (Å²) in [6.07, 6.45) is 0. The molecule has 17 heavy (non-hydrogen) atoms. The molecule has 87 valence electrons. The Kier molecular flexibility index (Phi) is 4.17. The van der Waals surface area contributed by atoms with Gasteiger partial charge in [0.1, 0.15) is 6.61 Å². The number of rotatable bonds is 5. The van der Waals surface area contributed by atoms with Gasteiger partial charge in [-0.1, -0.05) is 36.4 Å². The van der Waals surface area contributed by atoms with Gasteiger partial charge in [0.05, 0.1) is 6.54 Å². The van der Waals surface area contributed by atoms with Crippen LogP contribution in [0, 0.1) is 6.61 Å². The molecule has 0 fully saturated rings. The molecule has 0 saturated heterocycles. The zero-order valence-corrected chi connectivity index (χ0v) is 9.91. The molecule has 0 amide bonds. The number of benzene rings is 2. The van der Waals surface area contributed by atoms with Crippen molar-refractivity contribution in [1.82, 2.24) is 0 Å². The predicted molar refractivity (Wildman–Crippen MR) is 71.2 cm³/mol. The molecule has 0 saturated carbocycles. The van der Waals surface area contributed by atoms with E-state index in [0.717, 1.165) is 17.9 Å². The van der Waals surface area contributed by atoms with Gasteiger partial charge in [0.25, 0.3) is 0 Å². The molecule has 0 aliphatic carbocycles. The van der Waals surface area contributed by atoms with Crippen LogP contribution in [0.15, 0.2) is 60.7 Å². The average Bonchev–Trinajstić information content (AvgIpc) is 2.42. The van der Waals surface area contributed by atoms with Crippen LogP contribution >= 0.6 is 0 Å². The third kappa shape index (κ3) is 3.08. The highest BCUT2D eigenvalue weighted by Crippen LogP contribution is 2.24. The molecule has 2 aromatic carbocycles. The summed E-state index contributed by atoms with van der Waals surface area (Å²) in [7, 11) is 1.67. The molecule has 0 unspecified atom stereocenters. The van der Waals surface area contributed by atoms with Crippen molar-refractivity contribution in [2.45, 2.75) is 0 Å². The highest BCUT2D eigenvalue weighted by atomic mass is 16.5. The van der Waals surface area contributed by atoms with Gasteiger partial charge >= 0.3 is 0 Å².